The zero-order valence-electron chi connectivity index (χ0n) is 26.5. The fourth-order valence-electron chi connectivity index (χ4n) is 4.49. The van der Waals surface area contributed by atoms with Crippen molar-refractivity contribution in [3.05, 3.63) is 29.3 Å². The molecule has 1 fully saturated rings. The van der Waals surface area contributed by atoms with Gasteiger partial charge in [0.1, 0.15) is 17.3 Å². The second kappa shape index (κ2) is 16.2. The largest absolute Gasteiger partial charge is 0.459 e. The fraction of sp³-hybridized carbons (Fsp3) is 0.667. The lowest BCUT2D eigenvalue weighted by molar-refractivity contribution is -0.157. The first kappa shape index (κ1) is 36.9. The van der Waals surface area contributed by atoms with Crippen molar-refractivity contribution in [2.75, 3.05) is 77.3 Å². The first-order chi connectivity index (χ1) is 20.4. The highest BCUT2D eigenvalue weighted by Gasteiger charge is 2.35. The number of amides is 1. The Balaban J connectivity index is 2.24. The van der Waals surface area contributed by atoms with E-state index < -0.39 is 46.5 Å². The molecule has 0 radical (unpaired) electrons. The van der Waals surface area contributed by atoms with Gasteiger partial charge in [-0.25, -0.2) is 0 Å². The molecule has 0 aromatic heterocycles. The van der Waals surface area contributed by atoms with Crippen molar-refractivity contribution >= 4 is 23.5 Å². The summed E-state index contributed by atoms with van der Waals surface area (Å²) in [5, 5.41) is 15.0. The maximum atomic E-state index is 13.7. The molecule has 44 heavy (non-hydrogen) atoms. The number of ether oxygens (including phenoxy) is 2. The summed E-state index contributed by atoms with van der Waals surface area (Å²) in [4.78, 5) is 43.7. The number of nitrogens with one attached hydrogen (secondary N) is 2. The van der Waals surface area contributed by atoms with Crippen LogP contribution in [0.3, 0.4) is 0 Å². The van der Waals surface area contributed by atoms with Gasteiger partial charge < -0.3 is 20.1 Å². The molecule has 14 heteroatoms. The van der Waals surface area contributed by atoms with E-state index in [9.17, 15) is 32.8 Å². The summed E-state index contributed by atoms with van der Waals surface area (Å²) in [5.41, 5.74) is -3.32. The van der Waals surface area contributed by atoms with Crippen molar-refractivity contribution in [3.63, 3.8) is 0 Å². The van der Waals surface area contributed by atoms with Crippen LogP contribution in [0.4, 0.5) is 18.9 Å². The number of anilines is 1. The highest BCUT2D eigenvalue weighted by atomic mass is 19.4. The van der Waals surface area contributed by atoms with Gasteiger partial charge in [-0.15, -0.1) is 0 Å². The molecule has 0 unspecified atom stereocenters. The van der Waals surface area contributed by atoms with E-state index in [0.717, 1.165) is 12.1 Å². The summed E-state index contributed by atoms with van der Waals surface area (Å²) < 4.78 is 51.9. The van der Waals surface area contributed by atoms with E-state index in [0.29, 0.717) is 52.4 Å². The topological polar surface area (TPSA) is 127 Å². The summed E-state index contributed by atoms with van der Waals surface area (Å²) >= 11 is 0. The van der Waals surface area contributed by atoms with Crippen LogP contribution in [-0.4, -0.2) is 116 Å². The Labute approximate surface area is 257 Å². The SMILES string of the molecule is CC(C)(C)OC(=O)CN1CCNCCN(CC(=O)OC(C)(C)C)CCN(CC(=O)Nc2c(C#N)cccc2C(F)(F)F)CC1. The molecule has 1 aliphatic heterocycles. The van der Waals surface area contributed by atoms with E-state index >= 15 is 0 Å². The lowest BCUT2D eigenvalue weighted by Crippen LogP contribution is -2.48. The number of rotatable bonds is 7. The van der Waals surface area contributed by atoms with Crippen LogP contribution >= 0.6 is 0 Å². The fourth-order valence-corrected chi connectivity index (χ4v) is 4.49. The summed E-state index contributed by atoms with van der Waals surface area (Å²) in [5.74, 6) is -1.53. The first-order valence-corrected chi connectivity index (χ1v) is 14.6. The van der Waals surface area contributed by atoms with E-state index in [1.807, 2.05) is 9.80 Å². The van der Waals surface area contributed by atoms with Gasteiger partial charge in [0, 0.05) is 52.4 Å². The van der Waals surface area contributed by atoms with Crippen LogP contribution in [0.15, 0.2) is 18.2 Å². The normalized spacial score (nSPS) is 17.1. The molecule has 0 atom stereocenters. The van der Waals surface area contributed by atoms with Crippen molar-refractivity contribution in [3.8, 4) is 6.07 Å². The number of hydrogen-bond donors (Lipinski definition) is 2. The highest BCUT2D eigenvalue weighted by Crippen LogP contribution is 2.36. The van der Waals surface area contributed by atoms with Gasteiger partial charge in [-0.2, -0.15) is 18.4 Å². The third-order valence-electron chi connectivity index (χ3n) is 6.34. The molecule has 1 aliphatic rings. The number of para-hydroxylation sites is 1. The van der Waals surface area contributed by atoms with Crippen molar-refractivity contribution in [1.29, 1.82) is 5.26 Å². The maximum Gasteiger partial charge on any atom is 0.418 e. The zero-order valence-corrected chi connectivity index (χ0v) is 26.5. The molecule has 0 aliphatic carbocycles. The summed E-state index contributed by atoms with van der Waals surface area (Å²) in [6, 6.07) is 4.84. The van der Waals surface area contributed by atoms with Crippen LogP contribution in [-0.2, 0) is 30.0 Å². The van der Waals surface area contributed by atoms with Crippen LogP contribution in [0.5, 0.6) is 0 Å². The summed E-state index contributed by atoms with van der Waals surface area (Å²) in [7, 11) is 0. The molecule has 11 nitrogen and oxygen atoms in total. The third-order valence-corrected chi connectivity index (χ3v) is 6.34. The lowest BCUT2D eigenvalue weighted by atomic mass is 10.1. The number of carbonyl (C=O) groups excluding carboxylic acids is 3. The van der Waals surface area contributed by atoms with Gasteiger partial charge in [-0.05, 0) is 53.7 Å². The van der Waals surface area contributed by atoms with Gasteiger partial charge in [-0.3, -0.25) is 29.1 Å². The van der Waals surface area contributed by atoms with Crippen molar-refractivity contribution < 1.29 is 37.0 Å². The smallest absolute Gasteiger partial charge is 0.418 e. The minimum atomic E-state index is -4.78. The molecule has 246 valence electrons. The van der Waals surface area contributed by atoms with Crippen LogP contribution in [0.25, 0.3) is 0 Å². The predicted molar refractivity (Wildman–Crippen MR) is 159 cm³/mol. The lowest BCUT2D eigenvalue weighted by Gasteiger charge is -2.31. The molecule has 1 aromatic carbocycles. The number of hydrogen-bond acceptors (Lipinski definition) is 10. The maximum absolute atomic E-state index is 13.7. The van der Waals surface area contributed by atoms with Crippen molar-refractivity contribution in [2.24, 2.45) is 0 Å². The number of nitriles is 1. The van der Waals surface area contributed by atoms with E-state index in [1.54, 1.807) is 52.5 Å². The van der Waals surface area contributed by atoms with Crippen LogP contribution < -0.4 is 10.6 Å². The Bertz CT molecular complexity index is 1130. The number of nitrogens with zero attached hydrogens (tertiary/aromatic N) is 4. The number of carbonyl (C=O) groups is 3. The van der Waals surface area contributed by atoms with Crippen LogP contribution in [0.2, 0.25) is 0 Å². The standard InChI is InChI=1S/C30H45F3N6O5/c1-28(2,3)43-25(41)20-37-12-10-35-11-13-38(21-26(42)44-29(4,5)6)15-17-39(16-14-37)19-24(40)36-27-22(18-34)8-7-9-23(27)30(31,32)33/h7-9,35H,10-17,19-21H2,1-6H3,(H,36,40). The Kier molecular flexibility index (Phi) is 13.6. The minimum Gasteiger partial charge on any atom is -0.459 e. The molecule has 0 bridgehead atoms. The summed E-state index contributed by atoms with van der Waals surface area (Å²) in [6.45, 7) is 13.8. The van der Waals surface area contributed by atoms with E-state index in [1.165, 1.54) is 6.07 Å². The number of alkyl halides is 3. The Morgan fingerprint density at radius 2 is 1.27 bits per heavy atom. The zero-order chi connectivity index (χ0) is 33.1. The Morgan fingerprint density at radius 1 is 0.818 bits per heavy atom. The molecule has 1 heterocycles. The molecule has 0 saturated carbocycles. The number of esters is 2. The summed E-state index contributed by atoms with van der Waals surface area (Å²) in [6.07, 6.45) is -4.78. The molecule has 1 saturated heterocycles. The van der Waals surface area contributed by atoms with Crippen molar-refractivity contribution in [1.82, 2.24) is 20.0 Å². The molecule has 1 aromatic rings. The van der Waals surface area contributed by atoms with Gasteiger partial charge in [-0.1, -0.05) is 6.07 Å². The third kappa shape index (κ3) is 14.0. The van der Waals surface area contributed by atoms with Crippen LogP contribution in [0.1, 0.15) is 52.7 Å². The quantitative estimate of drug-likeness (QED) is 0.437. The van der Waals surface area contributed by atoms with E-state index in [2.05, 4.69) is 10.6 Å². The number of halogens is 3. The molecule has 2 rings (SSSR count). The predicted octanol–water partition coefficient (Wildman–Crippen LogP) is 2.71. The second-order valence-electron chi connectivity index (χ2n) is 12.6. The van der Waals surface area contributed by atoms with Gasteiger partial charge in [0.05, 0.1) is 36.4 Å². The molecular weight excluding hydrogens is 581 g/mol. The van der Waals surface area contributed by atoms with E-state index in [4.69, 9.17) is 9.47 Å². The average Bonchev–Trinajstić information content (AvgIpc) is 2.85. The minimum absolute atomic E-state index is 0.0221. The van der Waals surface area contributed by atoms with E-state index in [-0.39, 0.29) is 25.2 Å². The Morgan fingerprint density at radius 3 is 1.68 bits per heavy atom. The highest BCUT2D eigenvalue weighted by molar-refractivity contribution is 5.94. The second-order valence-corrected chi connectivity index (χ2v) is 12.6. The van der Waals surface area contributed by atoms with Gasteiger partial charge >= 0.3 is 18.1 Å². The van der Waals surface area contributed by atoms with Gasteiger partial charge in [0.25, 0.3) is 0 Å². The average molecular weight is 627 g/mol. The first-order valence-electron chi connectivity index (χ1n) is 14.6. The van der Waals surface area contributed by atoms with Crippen LogP contribution in [0, 0.1) is 11.3 Å². The van der Waals surface area contributed by atoms with Crippen molar-refractivity contribution in [2.45, 2.75) is 58.9 Å². The van der Waals surface area contributed by atoms with Gasteiger partial charge in [0.15, 0.2) is 0 Å². The molecule has 1 amide bonds. The van der Waals surface area contributed by atoms with Gasteiger partial charge in [0.2, 0.25) is 5.91 Å². The monoisotopic (exact) mass is 626 g/mol. The molecule has 0 spiro atoms. The number of benzene rings is 1. The Hall–Kier alpha value is -3.25. The molecule has 2 N–H and O–H groups in total. The molecular formula is C30H45F3N6O5.